The number of hydrogen-bond donors (Lipinski definition) is 3. The lowest BCUT2D eigenvalue weighted by Gasteiger charge is -2.13. The Morgan fingerprint density at radius 3 is 2.33 bits per heavy atom. The molecule has 1 aliphatic rings. The second kappa shape index (κ2) is 4.59. The Hall–Kier alpha value is -1.00. The minimum Gasteiger partial charge on any atom is -0.477 e. The molecule has 1 aliphatic heterocycles. The van der Waals surface area contributed by atoms with Crippen molar-refractivity contribution in [2.24, 2.45) is 0 Å². The van der Waals surface area contributed by atoms with E-state index in [0.717, 1.165) is 21.7 Å². The largest absolute Gasteiger partial charge is 0.477 e. The molecule has 0 aromatic carbocycles. The highest BCUT2D eigenvalue weighted by molar-refractivity contribution is 7.89. The van der Waals surface area contributed by atoms with Gasteiger partial charge in [-0.25, -0.2) is 13.2 Å². The normalized spacial score (nSPS) is 25.4. The Bertz CT molecular complexity index is 555. The Labute approximate surface area is 107 Å². The van der Waals surface area contributed by atoms with Gasteiger partial charge >= 0.3 is 5.97 Å². The first-order valence-electron chi connectivity index (χ1n) is 5.00. The van der Waals surface area contributed by atoms with Crippen molar-refractivity contribution >= 4 is 27.3 Å². The Morgan fingerprint density at radius 2 is 1.89 bits per heavy atom. The second-order valence-corrected chi connectivity index (χ2v) is 6.76. The first-order valence-corrected chi connectivity index (χ1v) is 7.32. The summed E-state index contributed by atoms with van der Waals surface area (Å²) in [5, 5.41) is 28.6. The summed E-state index contributed by atoms with van der Waals surface area (Å²) in [4.78, 5) is 10.5. The van der Waals surface area contributed by atoms with Crippen LogP contribution < -0.4 is 0 Å². The van der Waals surface area contributed by atoms with E-state index in [-0.39, 0.29) is 22.9 Å². The number of thiophene rings is 1. The van der Waals surface area contributed by atoms with Crippen molar-refractivity contribution in [3.8, 4) is 0 Å². The summed E-state index contributed by atoms with van der Waals surface area (Å²) in [5.74, 6) is -1.19. The maximum absolute atomic E-state index is 12.1. The number of rotatable bonds is 3. The van der Waals surface area contributed by atoms with E-state index < -0.39 is 28.2 Å². The lowest BCUT2D eigenvalue weighted by molar-refractivity contribution is 0.0572. The molecule has 0 spiro atoms. The zero-order valence-corrected chi connectivity index (χ0v) is 10.7. The fraction of sp³-hybridized carbons (Fsp3) is 0.444. The monoisotopic (exact) mass is 293 g/mol. The number of aliphatic hydroxyl groups excluding tert-OH is 2. The minimum absolute atomic E-state index is 0.0751. The van der Waals surface area contributed by atoms with Crippen molar-refractivity contribution in [1.82, 2.24) is 4.31 Å². The molecule has 2 unspecified atom stereocenters. The minimum atomic E-state index is -3.86. The van der Waals surface area contributed by atoms with Gasteiger partial charge in [0.25, 0.3) is 0 Å². The van der Waals surface area contributed by atoms with Gasteiger partial charge in [0.2, 0.25) is 10.0 Å². The van der Waals surface area contributed by atoms with Gasteiger partial charge in [0.15, 0.2) is 0 Å². The van der Waals surface area contributed by atoms with Crippen LogP contribution in [-0.2, 0) is 10.0 Å². The van der Waals surface area contributed by atoms with Gasteiger partial charge < -0.3 is 15.3 Å². The number of carboxylic acids is 1. The van der Waals surface area contributed by atoms with Crippen molar-refractivity contribution < 1.29 is 28.5 Å². The maximum Gasteiger partial charge on any atom is 0.345 e. The number of sulfonamides is 1. The summed E-state index contributed by atoms with van der Waals surface area (Å²) in [6, 6.07) is 1.07. The van der Waals surface area contributed by atoms with Gasteiger partial charge in [0.1, 0.15) is 4.88 Å². The zero-order chi connectivity index (χ0) is 13.5. The van der Waals surface area contributed by atoms with Crippen LogP contribution in [0.2, 0.25) is 0 Å². The number of aromatic carboxylic acids is 1. The molecule has 7 nitrogen and oxygen atoms in total. The zero-order valence-electron chi connectivity index (χ0n) is 9.05. The van der Waals surface area contributed by atoms with Gasteiger partial charge in [-0.05, 0) is 6.07 Å². The molecule has 9 heteroatoms. The molecular weight excluding hydrogens is 282 g/mol. The molecule has 0 amide bonds. The van der Waals surface area contributed by atoms with Gasteiger partial charge in [0.05, 0.1) is 17.1 Å². The van der Waals surface area contributed by atoms with Crippen LogP contribution in [0.3, 0.4) is 0 Å². The fourth-order valence-corrected chi connectivity index (χ4v) is 4.22. The van der Waals surface area contributed by atoms with Crippen LogP contribution in [0.5, 0.6) is 0 Å². The van der Waals surface area contributed by atoms with Crippen molar-refractivity contribution in [2.45, 2.75) is 17.1 Å². The third kappa shape index (κ3) is 2.27. The topological polar surface area (TPSA) is 115 Å². The number of nitrogens with zero attached hydrogens (tertiary/aromatic N) is 1. The van der Waals surface area contributed by atoms with Crippen LogP contribution in [0, 0.1) is 0 Å². The number of carboxylic acid groups (broad SMARTS) is 1. The molecule has 1 aromatic heterocycles. The molecule has 3 N–H and O–H groups in total. The molecule has 1 fully saturated rings. The highest BCUT2D eigenvalue weighted by Gasteiger charge is 2.38. The van der Waals surface area contributed by atoms with E-state index in [1.54, 1.807) is 0 Å². The molecule has 1 saturated heterocycles. The Balaban J connectivity index is 2.28. The smallest absolute Gasteiger partial charge is 0.345 e. The first-order chi connectivity index (χ1) is 8.32. The van der Waals surface area contributed by atoms with Crippen molar-refractivity contribution in [2.75, 3.05) is 13.1 Å². The van der Waals surface area contributed by atoms with E-state index in [4.69, 9.17) is 5.11 Å². The molecule has 0 saturated carbocycles. The molecule has 0 radical (unpaired) electrons. The van der Waals surface area contributed by atoms with Gasteiger partial charge in [-0.2, -0.15) is 4.31 Å². The van der Waals surface area contributed by atoms with E-state index in [1.165, 1.54) is 5.38 Å². The van der Waals surface area contributed by atoms with Crippen LogP contribution in [-0.4, -0.2) is 59.3 Å². The molecule has 2 atom stereocenters. The Morgan fingerprint density at radius 1 is 1.33 bits per heavy atom. The van der Waals surface area contributed by atoms with Gasteiger partial charge in [-0.3, -0.25) is 0 Å². The summed E-state index contributed by atoms with van der Waals surface area (Å²) in [6.45, 7) is -0.385. The van der Waals surface area contributed by atoms with E-state index in [2.05, 4.69) is 0 Å². The summed E-state index contributed by atoms with van der Waals surface area (Å²) < 4.78 is 25.1. The molecule has 18 heavy (non-hydrogen) atoms. The average molecular weight is 293 g/mol. The molecule has 100 valence electrons. The second-order valence-electron chi connectivity index (χ2n) is 3.91. The fourth-order valence-electron chi connectivity index (χ4n) is 1.65. The first kappa shape index (κ1) is 13.4. The van der Waals surface area contributed by atoms with E-state index in [0.29, 0.717) is 0 Å². The number of carbonyl (C=O) groups is 1. The summed E-state index contributed by atoms with van der Waals surface area (Å²) in [7, 11) is -3.86. The van der Waals surface area contributed by atoms with Crippen LogP contribution in [0.1, 0.15) is 9.67 Å². The predicted molar refractivity (Wildman–Crippen MR) is 62.1 cm³/mol. The maximum atomic E-state index is 12.1. The van der Waals surface area contributed by atoms with E-state index in [9.17, 15) is 23.4 Å². The number of β-amino-alcohol motifs (C(OH)–C–C–N with tert-alkyl or cyclic N) is 2. The third-order valence-corrected chi connectivity index (χ3v) is 5.53. The quantitative estimate of drug-likeness (QED) is 0.670. The van der Waals surface area contributed by atoms with E-state index >= 15 is 0 Å². The number of aliphatic hydroxyl groups is 2. The van der Waals surface area contributed by atoms with Gasteiger partial charge in [-0.1, -0.05) is 0 Å². The third-order valence-electron chi connectivity index (χ3n) is 2.65. The highest BCUT2D eigenvalue weighted by Crippen LogP contribution is 2.25. The van der Waals surface area contributed by atoms with Gasteiger partial charge in [-0.15, -0.1) is 11.3 Å². The van der Waals surface area contributed by atoms with Crippen molar-refractivity contribution in [3.63, 3.8) is 0 Å². The standard InChI is InChI=1S/C9H11NO6S2/c11-6-2-10(3-7(6)12)18(15,16)5-1-8(9(13)14)17-4-5/h1,4,6-7,11-12H,2-3H2,(H,13,14). The van der Waals surface area contributed by atoms with Crippen LogP contribution in [0.25, 0.3) is 0 Å². The molecule has 0 bridgehead atoms. The van der Waals surface area contributed by atoms with Crippen LogP contribution >= 0.6 is 11.3 Å². The molecular formula is C9H11NO6S2. The van der Waals surface area contributed by atoms with Crippen molar-refractivity contribution in [3.05, 3.63) is 16.3 Å². The predicted octanol–water partition coefficient (Wildman–Crippen LogP) is -0.828. The molecule has 0 aliphatic carbocycles. The summed E-state index contributed by atoms with van der Waals surface area (Å²) in [5.41, 5.74) is 0. The SMILES string of the molecule is O=C(O)c1cc(S(=O)(=O)N2CC(O)C(O)C2)cs1. The highest BCUT2D eigenvalue weighted by atomic mass is 32.2. The lowest BCUT2D eigenvalue weighted by atomic mass is 10.3. The van der Waals surface area contributed by atoms with Crippen LogP contribution in [0.4, 0.5) is 0 Å². The molecule has 1 aromatic rings. The van der Waals surface area contributed by atoms with Crippen LogP contribution in [0.15, 0.2) is 16.3 Å². The van der Waals surface area contributed by atoms with Crippen molar-refractivity contribution in [1.29, 1.82) is 0 Å². The van der Waals surface area contributed by atoms with Gasteiger partial charge in [0, 0.05) is 18.5 Å². The summed E-state index contributed by atoms with van der Waals surface area (Å²) >= 11 is 0.815. The molecule has 2 rings (SSSR count). The Kier molecular flexibility index (Phi) is 3.43. The average Bonchev–Trinajstić information content (AvgIpc) is 2.87. The molecule has 2 heterocycles. The number of hydrogen-bond acceptors (Lipinski definition) is 6. The summed E-state index contributed by atoms with van der Waals surface area (Å²) in [6.07, 6.45) is -2.23. The lowest BCUT2D eigenvalue weighted by Crippen LogP contribution is -2.29. The van der Waals surface area contributed by atoms with E-state index in [1.807, 2.05) is 0 Å².